The molecular formula is C23H24FN5. The number of rotatable bonds is 6. The third-order valence-corrected chi connectivity index (χ3v) is 4.99. The number of aryl methyl sites for hydroxylation is 1. The maximum atomic E-state index is 14.7. The number of aromatic amines is 1. The Morgan fingerprint density at radius 1 is 1.07 bits per heavy atom. The molecule has 5 nitrogen and oxygen atoms in total. The van der Waals surface area contributed by atoms with Gasteiger partial charge in [-0.15, -0.1) is 0 Å². The highest BCUT2D eigenvalue weighted by Gasteiger charge is 2.11. The lowest BCUT2D eigenvalue weighted by molar-refractivity contribution is 0.571. The van der Waals surface area contributed by atoms with Crippen LogP contribution in [0.4, 0.5) is 15.9 Å². The fourth-order valence-corrected chi connectivity index (χ4v) is 3.49. The van der Waals surface area contributed by atoms with E-state index in [4.69, 9.17) is 0 Å². The van der Waals surface area contributed by atoms with E-state index in [0.717, 1.165) is 33.4 Å². The number of aromatic nitrogens is 3. The second kappa shape index (κ2) is 7.91. The number of nitrogens with one attached hydrogen (secondary N) is 2. The van der Waals surface area contributed by atoms with Gasteiger partial charge in [0.25, 0.3) is 0 Å². The molecule has 4 rings (SSSR count). The SMILES string of the molecule is Cc1cnc2[nH]cc(Cc3ccc(NCc4ccccc4N(C)C)nc3F)c2c1. The van der Waals surface area contributed by atoms with Crippen molar-refractivity contribution in [2.45, 2.75) is 19.9 Å². The number of benzene rings is 1. The zero-order valence-electron chi connectivity index (χ0n) is 16.8. The molecule has 0 atom stereocenters. The minimum atomic E-state index is -0.453. The van der Waals surface area contributed by atoms with Gasteiger partial charge < -0.3 is 15.2 Å². The first-order chi connectivity index (χ1) is 14.0. The number of H-pyrrole nitrogens is 1. The second-order valence-corrected chi connectivity index (χ2v) is 7.42. The Kier molecular flexibility index (Phi) is 5.16. The van der Waals surface area contributed by atoms with Gasteiger partial charge in [-0.3, -0.25) is 0 Å². The third-order valence-electron chi connectivity index (χ3n) is 4.99. The molecule has 29 heavy (non-hydrogen) atoms. The monoisotopic (exact) mass is 389 g/mol. The van der Waals surface area contributed by atoms with Crippen LogP contribution >= 0.6 is 0 Å². The number of halogens is 1. The molecule has 3 aromatic heterocycles. The van der Waals surface area contributed by atoms with Gasteiger partial charge in [-0.2, -0.15) is 4.39 Å². The minimum Gasteiger partial charge on any atom is -0.377 e. The fraction of sp³-hybridized carbons (Fsp3) is 0.217. The van der Waals surface area contributed by atoms with E-state index in [1.165, 1.54) is 0 Å². The lowest BCUT2D eigenvalue weighted by atomic mass is 10.1. The number of anilines is 2. The summed E-state index contributed by atoms with van der Waals surface area (Å²) in [6.07, 6.45) is 4.17. The molecule has 6 heteroatoms. The average molecular weight is 389 g/mol. The molecule has 0 fully saturated rings. The summed E-state index contributed by atoms with van der Waals surface area (Å²) in [7, 11) is 4.01. The summed E-state index contributed by atoms with van der Waals surface area (Å²) in [4.78, 5) is 13.7. The van der Waals surface area contributed by atoms with Crippen LogP contribution in [0, 0.1) is 12.9 Å². The molecular weight excluding hydrogens is 365 g/mol. The second-order valence-electron chi connectivity index (χ2n) is 7.42. The zero-order chi connectivity index (χ0) is 20.4. The maximum absolute atomic E-state index is 14.7. The van der Waals surface area contributed by atoms with Gasteiger partial charge >= 0.3 is 0 Å². The van der Waals surface area contributed by atoms with Gasteiger partial charge in [0, 0.05) is 56.1 Å². The van der Waals surface area contributed by atoms with Crippen molar-refractivity contribution < 1.29 is 4.39 Å². The van der Waals surface area contributed by atoms with Crippen LogP contribution in [0.5, 0.6) is 0 Å². The molecule has 3 heterocycles. The van der Waals surface area contributed by atoms with E-state index in [2.05, 4.69) is 43.4 Å². The third kappa shape index (κ3) is 4.06. The standard InChI is InChI=1S/C23H24FN5/c1-15-10-19-18(14-27-23(19)26-12-15)11-16-8-9-21(28-22(16)24)25-13-17-6-4-5-7-20(17)29(2)3/h4-10,12,14H,11,13H2,1-3H3,(H,25,28)(H,26,27). The van der Waals surface area contributed by atoms with Crippen LogP contribution in [0.15, 0.2) is 54.9 Å². The normalized spacial score (nSPS) is 11.0. The van der Waals surface area contributed by atoms with Gasteiger partial charge in [-0.25, -0.2) is 9.97 Å². The Balaban J connectivity index is 1.50. The average Bonchev–Trinajstić information content (AvgIpc) is 3.10. The first kappa shape index (κ1) is 18.9. The predicted molar refractivity (Wildman–Crippen MR) is 116 cm³/mol. The Hall–Kier alpha value is -3.41. The molecule has 0 amide bonds. The molecule has 0 bridgehead atoms. The molecule has 0 aliphatic rings. The summed E-state index contributed by atoms with van der Waals surface area (Å²) in [5, 5.41) is 4.25. The number of nitrogens with zero attached hydrogens (tertiary/aromatic N) is 3. The van der Waals surface area contributed by atoms with Crippen molar-refractivity contribution in [2.75, 3.05) is 24.3 Å². The number of hydrogen-bond donors (Lipinski definition) is 2. The first-order valence-corrected chi connectivity index (χ1v) is 9.58. The Bertz CT molecular complexity index is 1150. The molecule has 0 radical (unpaired) electrons. The molecule has 4 aromatic rings. The fourth-order valence-electron chi connectivity index (χ4n) is 3.49. The topological polar surface area (TPSA) is 56.8 Å². The first-order valence-electron chi connectivity index (χ1n) is 9.58. The largest absolute Gasteiger partial charge is 0.377 e. The van der Waals surface area contributed by atoms with Gasteiger partial charge in [0.2, 0.25) is 5.95 Å². The van der Waals surface area contributed by atoms with Crippen LogP contribution in [0.2, 0.25) is 0 Å². The van der Waals surface area contributed by atoms with Gasteiger partial charge in [-0.05, 0) is 41.8 Å². The Morgan fingerprint density at radius 2 is 1.90 bits per heavy atom. The highest BCUT2D eigenvalue weighted by molar-refractivity contribution is 5.80. The van der Waals surface area contributed by atoms with Crippen molar-refractivity contribution in [2.24, 2.45) is 0 Å². The van der Waals surface area contributed by atoms with Crippen molar-refractivity contribution in [1.82, 2.24) is 15.0 Å². The molecule has 0 aliphatic heterocycles. The van der Waals surface area contributed by atoms with Crippen molar-refractivity contribution in [3.05, 3.63) is 83.1 Å². The molecule has 1 aromatic carbocycles. The van der Waals surface area contributed by atoms with Crippen LogP contribution in [0.1, 0.15) is 22.3 Å². The van der Waals surface area contributed by atoms with Gasteiger partial charge in [-0.1, -0.05) is 24.3 Å². The Labute approximate surface area is 169 Å². The number of hydrogen-bond acceptors (Lipinski definition) is 4. The number of fused-ring (bicyclic) bond motifs is 1. The van der Waals surface area contributed by atoms with Crippen molar-refractivity contribution in [3.8, 4) is 0 Å². The van der Waals surface area contributed by atoms with Crippen LogP contribution in [-0.4, -0.2) is 29.0 Å². The molecule has 2 N–H and O–H groups in total. The van der Waals surface area contributed by atoms with E-state index in [9.17, 15) is 4.39 Å². The van der Waals surface area contributed by atoms with Gasteiger partial charge in [0.05, 0.1) is 0 Å². The number of pyridine rings is 2. The lowest BCUT2D eigenvalue weighted by Gasteiger charge is -2.17. The van der Waals surface area contributed by atoms with Crippen molar-refractivity contribution in [3.63, 3.8) is 0 Å². The molecule has 0 saturated heterocycles. The molecule has 0 aliphatic carbocycles. The van der Waals surface area contributed by atoms with Crippen LogP contribution in [0.3, 0.4) is 0 Å². The van der Waals surface area contributed by atoms with Crippen LogP contribution in [-0.2, 0) is 13.0 Å². The highest BCUT2D eigenvalue weighted by atomic mass is 19.1. The quantitative estimate of drug-likeness (QED) is 0.471. The summed E-state index contributed by atoms with van der Waals surface area (Å²) < 4.78 is 14.7. The van der Waals surface area contributed by atoms with E-state index >= 15 is 0 Å². The summed E-state index contributed by atoms with van der Waals surface area (Å²) in [5.74, 6) is 0.0714. The number of para-hydroxylation sites is 1. The summed E-state index contributed by atoms with van der Waals surface area (Å²) in [5.41, 5.74) is 5.72. The summed E-state index contributed by atoms with van der Waals surface area (Å²) in [6.45, 7) is 2.58. The molecule has 0 spiro atoms. The van der Waals surface area contributed by atoms with E-state index < -0.39 is 5.95 Å². The molecule has 0 unspecified atom stereocenters. The van der Waals surface area contributed by atoms with Gasteiger partial charge in [0.1, 0.15) is 11.5 Å². The zero-order valence-corrected chi connectivity index (χ0v) is 16.8. The van der Waals surface area contributed by atoms with E-state index in [-0.39, 0.29) is 0 Å². The molecule has 0 saturated carbocycles. The van der Waals surface area contributed by atoms with Crippen molar-refractivity contribution >= 4 is 22.5 Å². The van der Waals surface area contributed by atoms with Crippen molar-refractivity contribution in [1.29, 1.82) is 0 Å². The highest BCUT2D eigenvalue weighted by Crippen LogP contribution is 2.23. The molecule has 148 valence electrons. The summed E-state index contributed by atoms with van der Waals surface area (Å²) >= 11 is 0. The lowest BCUT2D eigenvalue weighted by Crippen LogP contribution is -2.13. The van der Waals surface area contributed by atoms with Crippen LogP contribution < -0.4 is 10.2 Å². The maximum Gasteiger partial charge on any atom is 0.218 e. The van der Waals surface area contributed by atoms with E-state index in [1.807, 2.05) is 51.6 Å². The minimum absolute atomic E-state index is 0.453. The Morgan fingerprint density at radius 3 is 2.69 bits per heavy atom. The summed E-state index contributed by atoms with van der Waals surface area (Å²) in [6, 6.07) is 13.8. The van der Waals surface area contributed by atoms with E-state index in [1.54, 1.807) is 6.07 Å². The smallest absolute Gasteiger partial charge is 0.218 e. The van der Waals surface area contributed by atoms with Crippen LogP contribution in [0.25, 0.3) is 11.0 Å². The van der Waals surface area contributed by atoms with Gasteiger partial charge in [0.15, 0.2) is 0 Å². The predicted octanol–water partition coefficient (Wildman–Crippen LogP) is 4.67. The van der Waals surface area contributed by atoms with E-state index in [0.29, 0.717) is 24.3 Å².